The lowest BCUT2D eigenvalue weighted by Gasteiger charge is -2.04. The highest BCUT2D eigenvalue weighted by atomic mass is 35.5. The number of amides is 1. The molecule has 4 nitrogen and oxygen atoms in total. The molecule has 1 N–H and O–H groups in total. The molecular weight excluding hydrogens is 329 g/mol. The van der Waals surface area contributed by atoms with Gasteiger partial charge in [0, 0.05) is 17.8 Å². The molecule has 0 atom stereocenters. The highest BCUT2D eigenvalue weighted by Gasteiger charge is 2.09. The molecule has 1 amide bonds. The summed E-state index contributed by atoms with van der Waals surface area (Å²) in [6.45, 7) is 0.501. The van der Waals surface area contributed by atoms with Gasteiger partial charge in [-0.15, -0.1) is 0 Å². The number of carbonyl (C=O) groups is 1. The number of rotatable bonds is 5. The normalized spacial score (nSPS) is 10.6. The molecule has 0 aliphatic carbocycles. The van der Waals surface area contributed by atoms with Gasteiger partial charge in [0.25, 0.3) is 5.91 Å². The maximum atomic E-state index is 12.9. The van der Waals surface area contributed by atoms with Crippen LogP contribution in [0.3, 0.4) is 0 Å². The van der Waals surface area contributed by atoms with E-state index in [1.54, 1.807) is 18.3 Å². The van der Waals surface area contributed by atoms with E-state index >= 15 is 0 Å². The molecule has 0 saturated heterocycles. The van der Waals surface area contributed by atoms with Gasteiger partial charge in [0.15, 0.2) is 0 Å². The molecule has 0 spiro atoms. The van der Waals surface area contributed by atoms with E-state index in [1.807, 2.05) is 24.3 Å². The summed E-state index contributed by atoms with van der Waals surface area (Å²) in [5, 5.41) is 7.66. The molecule has 122 valence electrons. The van der Waals surface area contributed by atoms with Crippen LogP contribution >= 0.6 is 11.6 Å². The smallest absolute Gasteiger partial charge is 0.254 e. The minimum atomic E-state index is -0.315. The van der Waals surface area contributed by atoms with Crippen LogP contribution in [-0.4, -0.2) is 22.2 Å². The summed E-state index contributed by atoms with van der Waals surface area (Å²) in [4.78, 5) is 12.2. The van der Waals surface area contributed by atoms with Crippen LogP contribution in [0.25, 0.3) is 5.69 Å². The average molecular weight is 344 g/mol. The van der Waals surface area contributed by atoms with E-state index in [4.69, 9.17) is 11.6 Å². The van der Waals surface area contributed by atoms with E-state index in [9.17, 15) is 9.18 Å². The monoisotopic (exact) mass is 343 g/mol. The Bertz CT molecular complexity index is 845. The Morgan fingerprint density at radius 2 is 2.00 bits per heavy atom. The number of nitrogens with zero attached hydrogens (tertiary/aromatic N) is 2. The number of aromatic nitrogens is 2. The zero-order valence-corrected chi connectivity index (χ0v) is 13.5. The Labute approximate surface area is 143 Å². The summed E-state index contributed by atoms with van der Waals surface area (Å²) >= 11 is 5.93. The van der Waals surface area contributed by atoms with Crippen molar-refractivity contribution in [1.29, 1.82) is 0 Å². The Kier molecular flexibility index (Phi) is 4.91. The lowest BCUT2D eigenvalue weighted by atomic mass is 10.1. The van der Waals surface area contributed by atoms with Gasteiger partial charge in [0.2, 0.25) is 0 Å². The van der Waals surface area contributed by atoms with Crippen LogP contribution in [0, 0.1) is 5.82 Å². The van der Waals surface area contributed by atoms with E-state index in [0.29, 0.717) is 29.2 Å². The zero-order valence-electron chi connectivity index (χ0n) is 12.7. The maximum absolute atomic E-state index is 12.9. The lowest BCUT2D eigenvalue weighted by Crippen LogP contribution is -2.25. The second kappa shape index (κ2) is 7.27. The number of hydrogen-bond donors (Lipinski definition) is 1. The average Bonchev–Trinajstić information content (AvgIpc) is 3.05. The number of hydrogen-bond acceptors (Lipinski definition) is 2. The SMILES string of the molecule is O=C(NCCc1cccc(Cl)c1)c1cnn(-c2ccc(F)cc2)c1. The van der Waals surface area contributed by atoms with Crippen LogP contribution in [-0.2, 0) is 6.42 Å². The summed E-state index contributed by atoms with van der Waals surface area (Å²) in [7, 11) is 0. The van der Waals surface area contributed by atoms with Crippen molar-refractivity contribution in [2.24, 2.45) is 0 Å². The van der Waals surface area contributed by atoms with Crippen LogP contribution < -0.4 is 5.32 Å². The first-order valence-corrected chi connectivity index (χ1v) is 7.83. The third-order valence-corrected chi connectivity index (χ3v) is 3.76. The van der Waals surface area contributed by atoms with E-state index in [1.165, 1.54) is 23.0 Å². The van der Waals surface area contributed by atoms with Crippen molar-refractivity contribution >= 4 is 17.5 Å². The maximum Gasteiger partial charge on any atom is 0.254 e. The van der Waals surface area contributed by atoms with Gasteiger partial charge in [-0.2, -0.15) is 5.10 Å². The fraction of sp³-hybridized carbons (Fsp3) is 0.111. The molecule has 1 aromatic heterocycles. The number of benzene rings is 2. The van der Waals surface area contributed by atoms with Crippen LogP contribution in [0.15, 0.2) is 60.9 Å². The fourth-order valence-corrected chi connectivity index (χ4v) is 2.50. The molecule has 0 aliphatic heterocycles. The Hall–Kier alpha value is -2.66. The number of nitrogens with one attached hydrogen (secondary N) is 1. The predicted octanol–water partition coefficient (Wildman–Crippen LogP) is 3.64. The molecule has 3 aromatic rings. The van der Waals surface area contributed by atoms with Crippen molar-refractivity contribution in [2.75, 3.05) is 6.54 Å². The van der Waals surface area contributed by atoms with Gasteiger partial charge in [-0.25, -0.2) is 9.07 Å². The molecule has 3 rings (SSSR count). The Balaban J connectivity index is 1.58. The van der Waals surface area contributed by atoms with Crippen LogP contribution in [0.2, 0.25) is 5.02 Å². The summed E-state index contributed by atoms with van der Waals surface area (Å²) in [5.41, 5.74) is 2.20. The first-order chi connectivity index (χ1) is 11.6. The van der Waals surface area contributed by atoms with Crippen molar-refractivity contribution in [3.8, 4) is 5.69 Å². The van der Waals surface area contributed by atoms with Crippen molar-refractivity contribution in [2.45, 2.75) is 6.42 Å². The first-order valence-electron chi connectivity index (χ1n) is 7.45. The second-order valence-electron chi connectivity index (χ2n) is 5.29. The van der Waals surface area contributed by atoms with Crippen molar-refractivity contribution in [3.05, 3.63) is 82.9 Å². The zero-order chi connectivity index (χ0) is 16.9. The highest BCUT2D eigenvalue weighted by Crippen LogP contribution is 2.11. The standard InChI is InChI=1S/C18H15ClFN3O/c19-15-3-1-2-13(10-15)8-9-21-18(24)14-11-22-23(12-14)17-6-4-16(20)5-7-17/h1-7,10-12H,8-9H2,(H,21,24). The molecule has 24 heavy (non-hydrogen) atoms. The molecule has 0 fully saturated rings. The first kappa shape index (κ1) is 16.2. The second-order valence-corrected chi connectivity index (χ2v) is 5.72. The third kappa shape index (κ3) is 4.00. The van der Waals surface area contributed by atoms with Gasteiger partial charge in [-0.3, -0.25) is 4.79 Å². The molecule has 0 radical (unpaired) electrons. The Morgan fingerprint density at radius 3 is 2.75 bits per heavy atom. The summed E-state index contributed by atoms with van der Waals surface area (Å²) in [6, 6.07) is 13.4. The van der Waals surface area contributed by atoms with Crippen molar-refractivity contribution in [1.82, 2.24) is 15.1 Å². The van der Waals surface area contributed by atoms with Gasteiger partial charge in [-0.1, -0.05) is 23.7 Å². The molecular formula is C18H15ClFN3O. The fourth-order valence-electron chi connectivity index (χ4n) is 2.29. The lowest BCUT2D eigenvalue weighted by molar-refractivity contribution is 0.0954. The molecule has 2 aromatic carbocycles. The third-order valence-electron chi connectivity index (χ3n) is 3.52. The molecule has 6 heteroatoms. The number of carbonyl (C=O) groups excluding carboxylic acids is 1. The predicted molar refractivity (Wildman–Crippen MR) is 91.0 cm³/mol. The number of halogens is 2. The van der Waals surface area contributed by atoms with E-state index < -0.39 is 0 Å². The van der Waals surface area contributed by atoms with Gasteiger partial charge < -0.3 is 5.32 Å². The Morgan fingerprint density at radius 1 is 1.21 bits per heavy atom. The minimum absolute atomic E-state index is 0.203. The summed E-state index contributed by atoms with van der Waals surface area (Å²) in [5.74, 6) is -0.518. The van der Waals surface area contributed by atoms with E-state index in [2.05, 4.69) is 10.4 Å². The van der Waals surface area contributed by atoms with Crippen molar-refractivity contribution in [3.63, 3.8) is 0 Å². The van der Waals surface area contributed by atoms with Gasteiger partial charge in [0.1, 0.15) is 5.82 Å². The molecule has 1 heterocycles. The van der Waals surface area contributed by atoms with Crippen molar-refractivity contribution < 1.29 is 9.18 Å². The van der Waals surface area contributed by atoms with Crippen LogP contribution in [0.1, 0.15) is 15.9 Å². The largest absolute Gasteiger partial charge is 0.352 e. The van der Waals surface area contributed by atoms with E-state index in [0.717, 1.165) is 5.56 Å². The quantitative estimate of drug-likeness (QED) is 0.769. The van der Waals surface area contributed by atoms with E-state index in [-0.39, 0.29) is 11.7 Å². The molecule has 0 unspecified atom stereocenters. The van der Waals surface area contributed by atoms with Gasteiger partial charge >= 0.3 is 0 Å². The van der Waals surface area contributed by atoms with Crippen LogP contribution in [0.5, 0.6) is 0 Å². The van der Waals surface area contributed by atoms with Gasteiger partial charge in [-0.05, 0) is 48.4 Å². The minimum Gasteiger partial charge on any atom is -0.352 e. The topological polar surface area (TPSA) is 46.9 Å². The summed E-state index contributed by atoms with van der Waals surface area (Å²) < 4.78 is 14.5. The van der Waals surface area contributed by atoms with Gasteiger partial charge in [0.05, 0.1) is 17.4 Å². The highest BCUT2D eigenvalue weighted by molar-refractivity contribution is 6.30. The summed E-state index contributed by atoms with van der Waals surface area (Å²) in [6.07, 6.45) is 3.79. The van der Waals surface area contributed by atoms with Crippen LogP contribution in [0.4, 0.5) is 4.39 Å². The molecule has 0 bridgehead atoms. The molecule has 0 saturated carbocycles. The molecule has 0 aliphatic rings.